The van der Waals surface area contributed by atoms with Gasteiger partial charge in [0.05, 0.1) is 0 Å². The molecule has 0 aliphatic carbocycles. The predicted molar refractivity (Wildman–Crippen MR) is 109 cm³/mol. The Kier molecular flexibility index (Phi) is 25.1. The van der Waals surface area contributed by atoms with Crippen LogP contribution in [0, 0.1) is 6.65 Å². The fourth-order valence-corrected chi connectivity index (χ4v) is 10.7. The molecule has 0 bridgehead atoms. The van der Waals surface area contributed by atoms with Crippen LogP contribution in [0.25, 0.3) is 0 Å². The Balaban J connectivity index is -0.000000136. The maximum atomic E-state index is 7.50. The van der Waals surface area contributed by atoms with Gasteiger partial charge in [0.15, 0.2) is 0 Å². The maximum Gasteiger partial charge on any atom is 0 e. The van der Waals surface area contributed by atoms with Crippen molar-refractivity contribution < 1.29 is 24.4 Å². The molecule has 1 nitrogen and oxygen atoms in total. The standard InChI is InChI=1S/2C9H21P.CO.Os/c2*1-7(2)10(8(3)4)9(5)6;1-2;/h2*7-9H,1-6H3;;. The van der Waals surface area contributed by atoms with Crippen LogP contribution in [0.5, 0.6) is 0 Å². The Morgan fingerprint density at radius 1 is 0.435 bits per heavy atom. The van der Waals surface area contributed by atoms with E-state index in [4.69, 9.17) is 4.65 Å². The van der Waals surface area contributed by atoms with Crippen molar-refractivity contribution in [1.29, 1.82) is 0 Å². The second-order valence-electron chi connectivity index (χ2n) is 7.46. The van der Waals surface area contributed by atoms with Crippen LogP contribution in [0.15, 0.2) is 0 Å². The molecule has 0 aromatic rings. The van der Waals surface area contributed by atoms with E-state index in [1.807, 2.05) is 0 Å². The summed E-state index contributed by atoms with van der Waals surface area (Å²) in [7, 11) is 0.525. The van der Waals surface area contributed by atoms with E-state index >= 15 is 0 Å². The first-order chi connectivity index (χ1) is 9.93. The molecule has 0 fully saturated rings. The molecule has 0 atom stereocenters. The summed E-state index contributed by atoms with van der Waals surface area (Å²) < 4.78 is 7.50. The third-order valence-corrected chi connectivity index (χ3v) is 10.7. The smallest absolute Gasteiger partial charge is 0 e. The maximum absolute atomic E-state index is 7.50. The minimum atomic E-state index is 0. The summed E-state index contributed by atoms with van der Waals surface area (Å²) in [6, 6.07) is 0. The van der Waals surface area contributed by atoms with Crippen LogP contribution >= 0.6 is 15.8 Å². The van der Waals surface area contributed by atoms with Gasteiger partial charge in [-0.3, -0.25) is 0 Å². The molecule has 0 saturated carbocycles. The summed E-state index contributed by atoms with van der Waals surface area (Å²) in [4.78, 5) is 0. The van der Waals surface area contributed by atoms with Crippen LogP contribution in [0.1, 0.15) is 83.1 Å². The molecule has 4 heteroatoms. The molecule has 23 heavy (non-hydrogen) atoms. The van der Waals surface area contributed by atoms with E-state index in [0.29, 0.717) is 0 Å². The number of rotatable bonds is 6. The first-order valence-corrected chi connectivity index (χ1v) is 11.8. The quantitative estimate of drug-likeness (QED) is 0.191. The van der Waals surface area contributed by atoms with Crippen molar-refractivity contribution in [3.05, 3.63) is 6.65 Å². The minimum absolute atomic E-state index is 0. The third kappa shape index (κ3) is 16.5. The van der Waals surface area contributed by atoms with Gasteiger partial charge in [0.25, 0.3) is 0 Å². The summed E-state index contributed by atoms with van der Waals surface area (Å²) in [6.07, 6.45) is 0. The van der Waals surface area contributed by atoms with Crippen LogP contribution in [0.4, 0.5) is 0 Å². The molecule has 0 spiro atoms. The molecule has 0 rings (SSSR count). The fraction of sp³-hybridized carbons (Fsp3) is 0.947. The zero-order valence-electron chi connectivity index (χ0n) is 17.6. The van der Waals surface area contributed by atoms with Gasteiger partial charge in [0.2, 0.25) is 0 Å². The molecule has 142 valence electrons. The molecule has 0 unspecified atom stereocenters. The third-order valence-electron chi connectivity index (χ3n) is 3.58. The van der Waals surface area contributed by atoms with E-state index in [-0.39, 0.29) is 35.6 Å². The summed E-state index contributed by atoms with van der Waals surface area (Å²) >= 11 is 0. The van der Waals surface area contributed by atoms with Gasteiger partial charge in [-0.15, -0.1) is 0 Å². The molecule has 0 saturated heterocycles. The van der Waals surface area contributed by atoms with Crippen molar-refractivity contribution in [2.24, 2.45) is 0 Å². The normalized spacial score (nSPS) is 11.0. The Labute approximate surface area is 163 Å². The van der Waals surface area contributed by atoms with Crippen molar-refractivity contribution in [3.8, 4) is 0 Å². The van der Waals surface area contributed by atoms with Gasteiger partial charge in [-0.05, 0) is 34.0 Å². The average molecular weight is 539 g/mol. The Morgan fingerprint density at radius 2 is 0.522 bits per heavy atom. The molecular weight excluding hydrogens is 496 g/mol. The zero-order valence-corrected chi connectivity index (χ0v) is 21.9. The van der Waals surface area contributed by atoms with Crippen molar-refractivity contribution >= 4 is 15.8 Å². The molecule has 0 aromatic heterocycles. The molecule has 0 aromatic carbocycles. The molecule has 0 aliphatic heterocycles. The Bertz CT molecular complexity index is 199. The molecule has 0 amide bonds. The summed E-state index contributed by atoms with van der Waals surface area (Å²) in [5.74, 6) is 0. The topological polar surface area (TPSA) is 19.9 Å². The molecule has 0 radical (unpaired) electrons. The van der Waals surface area contributed by atoms with Gasteiger partial charge < -0.3 is 0 Å². The summed E-state index contributed by atoms with van der Waals surface area (Å²) in [6.45, 7) is 32.7. The minimum Gasteiger partial charge on any atom is 0 e. The van der Waals surface area contributed by atoms with Gasteiger partial charge in [-0.25, -0.2) is 0 Å². The van der Waals surface area contributed by atoms with Gasteiger partial charge in [0.1, 0.15) is 0 Å². The average Bonchev–Trinajstić information content (AvgIpc) is 2.28. The van der Waals surface area contributed by atoms with E-state index in [2.05, 4.69) is 89.7 Å². The van der Waals surface area contributed by atoms with Crippen molar-refractivity contribution in [2.75, 3.05) is 0 Å². The van der Waals surface area contributed by atoms with Crippen LogP contribution in [0.3, 0.4) is 0 Å². The van der Waals surface area contributed by atoms with Crippen molar-refractivity contribution in [1.82, 2.24) is 0 Å². The molecular formula is C19H42OOsP2. The predicted octanol–water partition coefficient (Wildman–Crippen LogP) is 7.35. The Hall–Kier alpha value is 1.24. The van der Waals surface area contributed by atoms with Crippen LogP contribution in [0.2, 0.25) is 0 Å². The van der Waals surface area contributed by atoms with Crippen LogP contribution in [-0.2, 0) is 24.4 Å². The molecule has 0 heterocycles. The second-order valence-corrected chi connectivity index (χ2v) is 15.4. The van der Waals surface area contributed by atoms with E-state index < -0.39 is 0 Å². The summed E-state index contributed by atoms with van der Waals surface area (Å²) in [5, 5.41) is 0. The fourth-order valence-electron chi connectivity index (χ4n) is 3.58. The van der Waals surface area contributed by atoms with Gasteiger partial charge >= 0.3 is 11.3 Å². The van der Waals surface area contributed by atoms with E-state index in [9.17, 15) is 0 Å². The number of hydrogen-bond donors (Lipinski definition) is 0. The van der Waals surface area contributed by atoms with Crippen molar-refractivity contribution in [2.45, 2.75) is 117 Å². The van der Waals surface area contributed by atoms with Gasteiger partial charge in [0, 0.05) is 19.8 Å². The monoisotopic (exact) mass is 540 g/mol. The van der Waals surface area contributed by atoms with Crippen molar-refractivity contribution in [3.63, 3.8) is 0 Å². The van der Waals surface area contributed by atoms with Gasteiger partial charge in [-0.1, -0.05) is 98.9 Å². The first-order valence-electron chi connectivity index (χ1n) is 8.68. The second kappa shape index (κ2) is 18.0. The first kappa shape index (κ1) is 32.0. The van der Waals surface area contributed by atoms with E-state index in [1.165, 1.54) is 0 Å². The van der Waals surface area contributed by atoms with E-state index in [0.717, 1.165) is 34.0 Å². The van der Waals surface area contributed by atoms with Crippen LogP contribution < -0.4 is 0 Å². The number of hydrogen-bond acceptors (Lipinski definition) is 0. The van der Waals surface area contributed by atoms with E-state index in [1.54, 1.807) is 0 Å². The SMILES string of the molecule is CC(C)P(C(C)C)C(C)C.CC(C)P(C(C)C)C(C)C.[C-]#[O+].[Os]. The Morgan fingerprint density at radius 3 is 0.522 bits per heavy atom. The summed E-state index contributed by atoms with van der Waals surface area (Å²) in [5.41, 5.74) is 5.39. The van der Waals surface area contributed by atoms with Gasteiger partial charge in [-0.2, -0.15) is 0 Å². The molecule has 0 aliphatic rings. The zero-order chi connectivity index (χ0) is 18.6. The van der Waals surface area contributed by atoms with Crippen LogP contribution in [-0.4, -0.2) is 34.0 Å². The molecule has 0 N–H and O–H groups in total. The largest absolute Gasteiger partial charge is 0 e.